The SMILES string of the molecule is COC(=O)c1cc(C(C=Nc2ccc(C(F)(F)F)cc2)=NN)cc(Br)c1C. The van der Waals surface area contributed by atoms with Crippen molar-refractivity contribution in [3.8, 4) is 0 Å². The first-order valence-corrected chi connectivity index (χ1v) is 8.34. The Labute approximate surface area is 161 Å². The van der Waals surface area contributed by atoms with Gasteiger partial charge >= 0.3 is 12.1 Å². The highest BCUT2D eigenvalue weighted by atomic mass is 79.9. The van der Waals surface area contributed by atoms with Crippen molar-refractivity contribution in [2.45, 2.75) is 13.1 Å². The summed E-state index contributed by atoms with van der Waals surface area (Å²) in [4.78, 5) is 16.0. The fourth-order valence-corrected chi connectivity index (χ4v) is 2.66. The average Bonchev–Trinajstić information content (AvgIpc) is 2.63. The van der Waals surface area contributed by atoms with Crippen molar-refractivity contribution in [2.24, 2.45) is 15.9 Å². The van der Waals surface area contributed by atoms with Crippen LogP contribution in [0.2, 0.25) is 0 Å². The Hall–Kier alpha value is -2.68. The van der Waals surface area contributed by atoms with E-state index in [1.807, 2.05) is 0 Å². The van der Waals surface area contributed by atoms with E-state index in [1.165, 1.54) is 25.5 Å². The van der Waals surface area contributed by atoms with Gasteiger partial charge in [-0.15, -0.1) is 0 Å². The molecule has 0 amide bonds. The van der Waals surface area contributed by atoms with Gasteiger partial charge in [0.25, 0.3) is 0 Å². The number of hydrogen-bond acceptors (Lipinski definition) is 5. The normalized spacial score (nSPS) is 12.4. The van der Waals surface area contributed by atoms with Crippen LogP contribution in [0.1, 0.15) is 27.0 Å². The van der Waals surface area contributed by atoms with Crippen LogP contribution >= 0.6 is 15.9 Å². The van der Waals surface area contributed by atoms with E-state index in [9.17, 15) is 18.0 Å². The van der Waals surface area contributed by atoms with Gasteiger partial charge in [-0.05, 0) is 48.9 Å². The number of carbonyl (C=O) groups excluding carboxylic acids is 1. The summed E-state index contributed by atoms with van der Waals surface area (Å²) in [5, 5.41) is 3.64. The van der Waals surface area contributed by atoms with E-state index in [2.05, 4.69) is 26.0 Å². The van der Waals surface area contributed by atoms with Crippen LogP contribution in [0.3, 0.4) is 0 Å². The van der Waals surface area contributed by atoms with Crippen LogP contribution in [-0.2, 0) is 10.9 Å². The number of nitrogens with two attached hydrogens (primary N) is 1. The van der Waals surface area contributed by atoms with Gasteiger partial charge in [-0.25, -0.2) is 4.79 Å². The van der Waals surface area contributed by atoms with Crippen LogP contribution in [0.15, 0.2) is 51.0 Å². The summed E-state index contributed by atoms with van der Waals surface area (Å²) in [6, 6.07) is 7.59. The molecule has 142 valence electrons. The van der Waals surface area contributed by atoms with E-state index in [-0.39, 0.29) is 5.71 Å². The molecule has 2 aromatic carbocycles. The van der Waals surface area contributed by atoms with E-state index in [4.69, 9.17) is 10.6 Å². The number of alkyl halides is 3. The predicted octanol–water partition coefficient (Wildman–Crippen LogP) is 4.63. The minimum Gasteiger partial charge on any atom is -0.465 e. The highest BCUT2D eigenvalue weighted by molar-refractivity contribution is 9.10. The number of hydrazone groups is 1. The van der Waals surface area contributed by atoms with Gasteiger partial charge in [0.1, 0.15) is 5.71 Å². The van der Waals surface area contributed by atoms with Gasteiger partial charge in [0.15, 0.2) is 0 Å². The standard InChI is InChI=1S/C18H15BrF3N3O2/c1-10-14(17(26)27-2)7-11(8-15(10)19)16(25-23)9-24-13-5-3-12(4-6-13)18(20,21)22/h3-9H,23H2,1-2H3. The zero-order valence-corrected chi connectivity index (χ0v) is 15.9. The Kier molecular flexibility index (Phi) is 6.37. The van der Waals surface area contributed by atoms with E-state index in [1.54, 1.807) is 19.1 Å². The largest absolute Gasteiger partial charge is 0.465 e. The number of halogens is 4. The summed E-state index contributed by atoms with van der Waals surface area (Å²) in [5.41, 5.74) is 1.27. The van der Waals surface area contributed by atoms with E-state index in [0.29, 0.717) is 26.9 Å². The summed E-state index contributed by atoms with van der Waals surface area (Å²) in [7, 11) is 1.27. The number of ether oxygens (including phenoxy) is 1. The second kappa shape index (κ2) is 8.34. The third kappa shape index (κ3) is 4.94. The van der Waals surface area contributed by atoms with Crippen molar-refractivity contribution in [3.05, 3.63) is 63.1 Å². The Morgan fingerprint density at radius 2 is 1.85 bits per heavy atom. The van der Waals surface area contributed by atoms with Gasteiger partial charge in [0.05, 0.1) is 30.1 Å². The lowest BCUT2D eigenvalue weighted by atomic mass is 10.0. The van der Waals surface area contributed by atoms with Crippen molar-refractivity contribution >= 4 is 39.5 Å². The first-order valence-electron chi connectivity index (χ1n) is 7.55. The number of methoxy groups -OCH3 is 1. The summed E-state index contributed by atoms with van der Waals surface area (Å²) in [5.74, 6) is 4.89. The third-order valence-corrected chi connectivity index (χ3v) is 4.54. The maximum absolute atomic E-state index is 12.6. The van der Waals surface area contributed by atoms with Crippen LogP contribution in [-0.4, -0.2) is 25.0 Å². The molecule has 0 aliphatic rings. The lowest BCUT2D eigenvalue weighted by molar-refractivity contribution is -0.137. The lowest BCUT2D eigenvalue weighted by Gasteiger charge is -2.09. The molecule has 0 aliphatic heterocycles. The third-order valence-electron chi connectivity index (χ3n) is 3.72. The summed E-state index contributed by atoms with van der Waals surface area (Å²) in [6.45, 7) is 1.75. The van der Waals surface area contributed by atoms with Crippen molar-refractivity contribution < 1.29 is 22.7 Å². The molecule has 0 bridgehead atoms. The Morgan fingerprint density at radius 3 is 2.37 bits per heavy atom. The van der Waals surface area contributed by atoms with E-state index in [0.717, 1.165) is 12.1 Å². The summed E-state index contributed by atoms with van der Waals surface area (Å²) >= 11 is 3.36. The van der Waals surface area contributed by atoms with Gasteiger partial charge < -0.3 is 10.6 Å². The molecule has 0 saturated heterocycles. The van der Waals surface area contributed by atoms with Crippen LogP contribution in [0.5, 0.6) is 0 Å². The van der Waals surface area contributed by atoms with Crippen molar-refractivity contribution in [1.82, 2.24) is 0 Å². The fourth-order valence-electron chi connectivity index (χ4n) is 2.20. The van der Waals surface area contributed by atoms with Crippen molar-refractivity contribution in [1.29, 1.82) is 0 Å². The Morgan fingerprint density at radius 1 is 1.22 bits per heavy atom. The lowest BCUT2D eigenvalue weighted by Crippen LogP contribution is -2.11. The van der Waals surface area contributed by atoms with Gasteiger partial charge in [-0.3, -0.25) is 4.99 Å². The number of nitrogens with zero attached hydrogens (tertiary/aromatic N) is 2. The first kappa shape index (κ1) is 20.6. The Bertz CT molecular complexity index is 907. The molecular formula is C18H15BrF3N3O2. The number of benzene rings is 2. The highest BCUT2D eigenvalue weighted by Gasteiger charge is 2.29. The zero-order chi connectivity index (χ0) is 20.2. The van der Waals surface area contributed by atoms with Crippen molar-refractivity contribution in [3.63, 3.8) is 0 Å². The minimum absolute atomic E-state index is 0.237. The zero-order valence-electron chi connectivity index (χ0n) is 14.3. The van der Waals surface area contributed by atoms with Crippen LogP contribution in [0.25, 0.3) is 0 Å². The number of carbonyl (C=O) groups is 1. The second-order valence-electron chi connectivity index (χ2n) is 5.44. The first-order chi connectivity index (χ1) is 12.7. The average molecular weight is 442 g/mol. The molecule has 0 saturated carbocycles. The topological polar surface area (TPSA) is 77.0 Å². The molecule has 27 heavy (non-hydrogen) atoms. The molecule has 0 heterocycles. The van der Waals surface area contributed by atoms with Gasteiger partial charge in [-0.2, -0.15) is 18.3 Å². The number of rotatable bonds is 4. The van der Waals surface area contributed by atoms with E-state index >= 15 is 0 Å². The molecule has 5 nitrogen and oxygen atoms in total. The number of hydrogen-bond donors (Lipinski definition) is 1. The highest BCUT2D eigenvalue weighted by Crippen LogP contribution is 2.30. The molecule has 0 aliphatic carbocycles. The smallest absolute Gasteiger partial charge is 0.416 e. The second-order valence-corrected chi connectivity index (χ2v) is 6.29. The minimum atomic E-state index is -4.41. The van der Waals surface area contributed by atoms with Crippen LogP contribution < -0.4 is 5.84 Å². The van der Waals surface area contributed by atoms with Crippen LogP contribution in [0.4, 0.5) is 18.9 Å². The fraction of sp³-hybridized carbons (Fsp3) is 0.167. The molecule has 9 heteroatoms. The predicted molar refractivity (Wildman–Crippen MR) is 101 cm³/mol. The van der Waals surface area contributed by atoms with Gasteiger partial charge in [0.2, 0.25) is 0 Å². The molecule has 2 rings (SSSR count). The van der Waals surface area contributed by atoms with Gasteiger partial charge in [-0.1, -0.05) is 15.9 Å². The van der Waals surface area contributed by atoms with Crippen molar-refractivity contribution in [2.75, 3.05) is 7.11 Å². The van der Waals surface area contributed by atoms with Crippen LogP contribution in [0, 0.1) is 6.92 Å². The van der Waals surface area contributed by atoms with E-state index < -0.39 is 17.7 Å². The number of esters is 1. The van der Waals surface area contributed by atoms with Gasteiger partial charge in [0, 0.05) is 10.0 Å². The summed E-state index contributed by atoms with van der Waals surface area (Å²) in [6.07, 6.45) is -3.11. The molecule has 0 atom stereocenters. The molecule has 0 fully saturated rings. The molecule has 2 N–H and O–H groups in total. The quantitative estimate of drug-likeness (QED) is 0.325. The molecule has 0 spiro atoms. The maximum Gasteiger partial charge on any atom is 0.416 e. The maximum atomic E-state index is 12.6. The Balaban J connectivity index is 2.34. The molecule has 0 aromatic heterocycles. The molecule has 0 unspecified atom stereocenters. The number of aliphatic imine (C=N–C) groups is 1. The molecule has 2 aromatic rings. The molecule has 0 radical (unpaired) electrons. The monoisotopic (exact) mass is 441 g/mol. The summed E-state index contributed by atoms with van der Waals surface area (Å²) < 4.78 is 43.2. The molecular weight excluding hydrogens is 427 g/mol.